The average Bonchev–Trinajstić information content (AvgIpc) is 2.70. The molecule has 1 unspecified atom stereocenters. The number of carboxylic acid groups (broad SMARTS) is 1. The summed E-state index contributed by atoms with van der Waals surface area (Å²) in [4.78, 5) is 11.2. The molecule has 8 nitrogen and oxygen atoms in total. The van der Waals surface area contributed by atoms with E-state index >= 15 is 0 Å². The van der Waals surface area contributed by atoms with Crippen LogP contribution in [0, 0.1) is 5.92 Å². The fraction of sp³-hybridized carbons (Fsp3) is 0.560. The Kier molecular flexibility index (Phi) is 9.87. The Morgan fingerprint density at radius 1 is 1.18 bits per heavy atom. The van der Waals surface area contributed by atoms with Gasteiger partial charge in [0, 0.05) is 25.3 Å². The molecule has 0 aromatic heterocycles. The number of ether oxygens (including phenoxy) is 2. The number of nitrogens with one attached hydrogen (secondary N) is 2. The minimum Gasteiger partial charge on any atom is -0.479 e. The third kappa shape index (κ3) is 9.97. The van der Waals surface area contributed by atoms with E-state index in [1.54, 1.807) is 19.1 Å². The molecule has 0 saturated carbocycles. The molecule has 0 saturated heterocycles. The van der Waals surface area contributed by atoms with E-state index in [1.165, 1.54) is 0 Å². The Bertz CT molecular complexity index is 950. The Balaban J connectivity index is 1.83. The van der Waals surface area contributed by atoms with Crippen LogP contribution in [0.3, 0.4) is 0 Å². The summed E-state index contributed by atoms with van der Waals surface area (Å²) in [6, 6.07) is 7.70. The minimum atomic E-state index is -3.46. The van der Waals surface area contributed by atoms with Crippen LogP contribution in [-0.4, -0.2) is 56.3 Å². The van der Waals surface area contributed by atoms with Crippen LogP contribution in [-0.2, 0) is 30.7 Å². The van der Waals surface area contributed by atoms with Gasteiger partial charge in [-0.1, -0.05) is 24.3 Å². The molecule has 1 aliphatic rings. The molecule has 1 atom stereocenters. The van der Waals surface area contributed by atoms with E-state index in [4.69, 9.17) is 9.47 Å². The molecule has 0 aliphatic heterocycles. The van der Waals surface area contributed by atoms with Gasteiger partial charge in [0.05, 0.1) is 11.9 Å². The van der Waals surface area contributed by atoms with Gasteiger partial charge in [-0.3, -0.25) is 0 Å². The van der Waals surface area contributed by atoms with Crippen molar-refractivity contribution in [3.05, 3.63) is 54.1 Å². The van der Waals surface area contributed by atoms with Gasteiger partial charge in [-0.05, 0) is 76.3 Å². The van der Waals surface area contributed by atoms with E-state index < -0.39 is 33.4 Å². The van der Waals surface area contributed by atoms with Crippen LogP contribution in [0.2, 0.25) is 0 Å². The lowest BCUT2D eigenvalue weighted by Gasteiger charge is -2.37. The Labute approximate surface area is 203 Å². The van der Waals surface area contributed by atoms with Gasteiger partial charge in [0.2, 0.25) is 10.0 Å². The lowest BCUT2D eigenvalue weighted by atomic mass is 9.94. The standard InChI is InChI=1S/C25H38N2O6S/c1-6-32-22(23(28)29)18-20-9-11-21(12-10-20)26-17-7-8-19-13-15-25(16-14-19,27-34(5,30)31)33-24(2,3)4/h9-16,19,22,26-27H,6-8,17-18H2,1-5H3,(H,28,29). The number of anilines is 1. The molecule has 0 bridgehead atoms. The largest absolute Gasteiger partial charge is 0.479 e. The first-order valence-electron chi connectivity index (χ1n) is 11.6. The van der Waals surface area contributed by atoms with E-state index in [0.29, 0.717) is 13.0 Å². The third-order valence-corrected chi connectivity index (χ3v) is 5.75. The van der Waals surface area contributed by atoms with Crippen LogP contribution in [0.4, 0.5) is 5.69 Å². The van der Waals surface area contributed by atoms with Crippen LogP contribution >= 0.6 is 0 Å². The van der Waals surface area contributed by atoms with Crippen molar-refractivity contribution in [2.45, 2.75) is 64.4 Å². The van der Waals surface area contributed by atoms with Gasteiger partial charge in [-0.2, -0.15) is 4.72 Å². The highest BCUT2D eigenvalue weighted by molar-refractivity contribution is 7.88. The highest BCUT2D eigenvalue weighted by Crippen LogP contribution is 2.28. The second-order valence-corrected chi connectivity index (χ2v) is 11.3. The van der Waals surface area contributed by atoms with E-state index in [-0.39, 0.29) is 5.92 Å². The van der Waals surface area contributed by atoms with Gasteiger partial charge < -0.3 is 19.9 Å². The lowest BCUT2D eigenvalue weighted by Crippen LogP contribution is -2.51. The van der Waals surface area contributed by atoms with Crippen molar-refractivity contribution in [3.8, 4) is 0 Å². The number of rotatable bonds is 13. The average molecular weight is 495 g/mol. The van der Waals surface area contributed by atoms with E-state index in [9.17, 15) is 18.3 Å². The number of benzene rings is 1. The molecular formula is C25H38N2O6S. The highest BCUT2D eigenvalue weighted by Gasteiger charge is 2.35. The normalized spacial score (nSPS) is 21.4. The van der Waals surface area contributed by atoms with Crippen LogP contribution in [0.15, 0.2) is 48.6 Å². The molecule has 3 N–H and O–H groups in total. The molecule has 0 amide bonds. The molecule has 1 aliphatic carbocycles. The van der Waals surface area contributed by atoms with Crippen LogP contribution in [0.5, 0.6) is 0 Å². The van der Waals surface area contributed by atoms with Gasteiger partial charge in [0.1, 0.15) is 0 Å². The van der Waals surface area contributed by atoms with Crippen molar-refractivity contribution in [2.75, 3.05) is 24.7 Å². The maximum atomic E-state index is 11.9. The van der Waals surface area contributed by atoms with Crippen LogP contribution in [0.1, 0.15) is 46.1 Å². The van der Waals surface area contributed by atoms with E-state index in [1.807, 2.05) is 57.2 Å². The van der Waals surface area contributed by atoms with Gasteiger partial charge in [0.15, 0.2) is 11.8 Å². The first kappa shape index (κ1) is 28.0. The second kappa shape index (κ2) is 12.0. The predicted molar refractivity (Wildman–Crippen MR) is 134 cm³/mol. The molecule has 190 valence electrons. The van der Waals surface area contributed by atoms with Crippen molar-refractivity contribution in [3.63, 3.8) is 0 Å². The number of carboxylic acids is 1. The summed E-state index contributed by atoms with van der Waals surface area (Å²) < 4.78 is 37.6. The fourth-order valence-corrected chi connectivity index (χ4v) is 4.52. The molecule has 0 fully saturated rings. The fourth-order valence-electron chi connectivity index (χ4n) is 3.76. The molecule has 1 aromatic carbocycles. The number of sulfonamides is 1. The first-order valence-corrected chi connectivity index (χ1v) is 13.4. The second-order valence-electron chi connectivity index (χ2n) is 9.52. The van der Waals surface area contributed by atoms with Crippen LogP contribution in [0.25, 0.3) is 0 Å². The van der Waals surface area contributed by atoms with Gasteiger partial charge in [-0.15, -0.1) is 0 Å². The maximum absolute atomic E-state index is 11.9. The number of hydrogen-bond acceptors (Lipinski definition) is 6. The predicted octanol–water partition coefficient (Wildman–Crippen LogP) is 3.71. The van der Waals surface area contributed by atoms with E-state index in [0.717, 1.165) is 36.9 Å². The summed E-state index contributed by atoms with van der Waals surface area (Å²) in [6.45, 7) is 8.57. The number of aliphatic carboxylic acids is 1. The Morgan fingerprint density at radius 3 is 2.29 bits per heavy atom. The van der Waals surface area contributed by atoms with Crippen molar-refractivity contribution in [2.24, 2.45) is 5.92 Å². The molecular weight excluding hydrogens is 456 g/mol. The smallest absolute Gasteiger partial charge is 0.333 e. The quantitative estimate of drug-likeness (QED) is 0.218. The Morgan fingerprint density at radius 2 is 1.79 bits per heavy atom. The Hall–Kier alpha value is -2.20. The summed E-state index contributed by atoms with van der Waals surface area (Å²) in [5.74, 6) is -0.766. The summed E-state index contributed by atoms with van der Waals surface area (Å²) in [5.41, 5.74) is 0.171. The maximum Gasteiger partial charge on any atom is 0.333 e. The van der Waals surface area contributed by atoms with Gasteiger partial charge >= 0.3 is 5.97 Å². The summed E-state index contributed by atoms with van der Waals surface area (Å²) >= 11 is 0. The summed E-state index contributed by atoms with van der Waals surface area (Å²) in [6.07, 6.45) is 9.96. The molecule has 9 heteroatoms. The topological polar surface area (TPSA) is 114 Å². The number of allylic oxidation sites excluding steroid dienone is 2. The molecule has 2 rings (SSSR count). The van der Waals surface area contributed by atoms with E-state index in [2.05, 4.69) is 10.0 Å². The van der Waals surface area contributed by atoms with Gasteiger partial charge in [-0.25, -0.2) is 13.2 Å². The number of hydrogen-bond donors (Lipinski definition) is 3. The highest BCUT2D eigenvalue weighted by atomic mass is 32.2. The zero-order chi connectivity index (χ0) is 25.4. The number of carbonyl (C=O) groups is 1. The van der Waals surface area contributed by atoms with Crippen molar-refractivity contribution in [1.82, 2.24) is 4.72 Å². The molecule has 0 spiro atoms. The van der Waals surface area contributed by atoms with Crippen molar-refractivity contribution < 1.29 is 27.8 Å². The van der Waals surface area contributed by atoms with Crippen molar-refractivity contribution in [1.29, 1.82) is 0 Å². The molecule has 0 heterocycles. The SMILES string of the molecule is CCOC(Cc1ccc(NCCCC2C=CC(NS(C)(=O)=O)(OC(C)(C)C)C=C2)cc1)C(=O)O. The molecule has 1 aromatic rings. The molecule has 0 radical (unpaired) electrons. The van der Waals surface area contributed by atoms with Crippen LogP contribution < -0.4 is 10.0 Å². The first-order chi connectivity index (χ1) is 15.8. The minimum absolute atomic E-state index is 0.189. The lowest BCUT2D eigenvalue weighted by molar-refractivity contribution is -0.149. The molecule has 34 heavy (non-hydrogen) atoms. The zero-order valence-corrected chi connectivity index (χ0v) is 21.5. The third-order valence-electron chi connectivity index (χ3n) is 5.06. The summed E-state index contributed by atoms with van der Waals surface area (Å²) in [7, 11) is -3.46. The summed E-state index contributed by atoms with van der Waals surface area (Å²) in [5, 5.41) is 12.6. The van der Waals surface area contributed by atoms with Gasteiger partial charge in [0.25, 0.3) is 0 Å². The zero-order valence-electron chi connectivity index (χ0n) is 20.7. The van der Waals surface area contributed by atoms with Crippen molar-refractivity contribution >= 4 is 21.7 Å². The monoisotopic (exact) mass is 494 g/mol.